The summed E-state index contributed by atoms with van der Waals surface area (Å²) in [4.78, 5) is 0. The fraction of sp³-hybridized carbons (Fsp3) is 0.294. The highest BCUT2D eigenvalue weighted by Crippen LogP contribution is 2.33. The van der Waals surface area contributed by atoms with Crippen LogP contribution in [0.2, 0.25) is 0 Å². The average Bonchev–Trinajstić information content (AvgIpc) is 2.47. The first-order valence-corrected chi connectivity index (χ1v) is 7.86. The highest BCUT2D eigenvalue weighted by Gasteiger charge is 2.16. The van der Waals surface area contributed by atoms with Crippen LogP contribution in [0.25, 0.3) is 0 Å². The molecule has 0 saturated heterocycles. The van der Waals surface area contributed by atoms with Crippen molar-refractivity contribution in [2.24, 2.45) is 0 Å². The molecule has 0 radical (unpaired) electrons. The Bertz CT molecular complexity index is 603. The zero-order valence-electron chi connectivity index (χ0n) is 12.2. The minimum absolute atomic E-state index is 0.0304. The van der Waals surface area contributed by atoms with Gasteiger partial charge in [0.1, 0.15) is 5.75 Å². The number of benzene rings is 2. The minimum atomic E-state index is -0.349. The second-order valence-electron chi connectivity index (χ2n) is 4.89. The number of ether oxygens (including phenoxy) is 1. The van der Waals surface area contributed by atoms with Crippen molar-refractivity contribution in [3.05, 3.63) is 58.3 Å². The normalized spacial score (nSPS) is 12.2. The average molecular weight is 352 g/mol. The minimum Gasteiger partial charge on any atom is -0.454 e. The van der Waals surface area contributed by atoms with Crippen molar-refractivity contribution in [1.29, 1.82) is 0 Å². The van der Waals surface area contributed by atoms with E-state index in [1.807, 2.05) is 37.3 Å². The summed E-state index contributed by atoms with van der Waals surface area (Å²) in [6.45, 7) is 5.00. The lowest BCUT2D eigenvalue weighted by molar-refractivity contribution is 0.425. The summed E-state index contributed by atoms with van der Waals surface area (Å²) in [5.41, 5.74) is 0.823. The van der Waals surface area contributed by atoms with Crippen molar-refractivity contribution in [2.75, 3.05) is 6.54 Å². The first kappa shape index (κ1) is 16.0. The van der Waals surface area contributed by atoms with Gasteiger partial charge in [-0.05, 0) is 44.2 Å². The van der Waals surface area contributed by atoms with E-state index >= 15 is 0 Å². The number of para-hydroxylation sites is 1. The van der Waals surface area contributed by atoms with Gasteiger partial charge in [0, 0.05) is 16.1 Å². The fourth-order valence-electron chi connectivity index (χ4n) is 2.09. The van der Waals surface area contributed by atoms with Crippen LogP contribution in [0.15, 0.2) is 46.9 Å². The van der Waals surface area contributed by atoms with E-state index in [4.69, 9.17) is 4.74 Å². The summed E-state index contributed by atoms with van der Waals surface area (Å²) < 4.78 is 20.8. The molecule has 0 spiro atoms. The monoisotopic (exact) mass is 351 g/mol. The van der Waals surface area contributed by atoms with Crippen LogP contribution in [0.5, 0.6) is 11.5 Å². The zero-order valence-corrected chi connectivity index (χ0v) is 13.8. The molecule has 0 saturated carbocycles. The Kier molecular flexibility index (Phi) is 5.76. The Labute approximate surface area is 133 Å². The lowest BCUT2D eigenvalue weighted by Gasteiger charge is -2.18. The van der Waals surface area contributed by atoms with E-state index in [-0.39, 0.29) is 17.6 Å². The first-order chi connectivity index (χ1) is 10.1. The fourth-order valence-corrected chi connectivity index (χ4v) is 2.47. The van der Waals surface area contributed by atoms with Gasteiger partial charge < -0.3 is 10.1 Å². The molecular formula is C17H19BrFNO. The second-order valence-corrected chi connectivity index (χ2v) is 5.81. The molecule has 1 N–H and O–H groups in total. The van der Waals surface area contributed by atoms with Crippen LogP contribution < -0.4 is 10.1 Å². The van der Waals surface area contributed by atoms with Crippen LogP contribution in [-0.2, 0) is 0 Å². The maximum Gasteiger partial charge on any atom is 0.167 e. The van der Waals surface area contributed by atoms with E-state index in [1.54, 1.807) is 6.07 Å². The Morgan fingerprint density at radius 1 is 1.24 bits per heavy atom. The highest BCUT2D eigenvalue weighted by atomic mass is 79.9. The molecular weight excluding hydrogens is 333 g/mol. The van der Waals surface area contributed by atoms with Gasteiger partial charge in [0.05, 0.1) is 0 Å². The molecule has 1 unspecified atom stereocenters. The van der Waals surface area contributed by atoms with Crippen LogP contribution >= 0.6 is 15.9 Å². The largest absolute Gasteiger partial charge is 0.454 e. The van der Waals surface area contributed by atoms with Crippen molar-refractivity contribution in [3.8, 4) is 11.5 Å². The Balaban J connectivity index is 2.29. The van der Waals surface area contributed by atoms with Crippen molar-refractivity contribution in [2.45, 2.75) is 26.3 Å². The molecule has 4 heteroatoms. The van der Waals surface area contributed by atoms with E-state index in [0.29, 0.717) is 5.75 Å². The van der Waals surface area contributed by atoms with Gasteiger partial charge in [-0.15, -0.1) is 0 Å². The third-order valence-electron chi connectivity index (χ3n) is 3.18. The van der Waals surface area contributed by atoms with Gasteiger partial charge in [-0.1, -0.05) is 41.1 Å². The van der Waals surface area contributed by atoms with Gasteiger partial charge >= 0.3 is 0 Å². The molecule has 0 amide bonds. The summed E-state index contributed by atoms with van der Waals surface area (Å²) in [6.07, 6.45) is 1.03. The van der Waals surface area contributed by atoms with E-state index in [0.717, 1.165) is 23.0 Å². The SMILES string of the molecule is CCCNC(C)c1cccc(F)c1Oc1cccc(Br)c1. The topological polar surface area (TPSA) is 21.3 Å². The van der Waals surface area contributed by atoms with E-state index in [2.05, 4.69) is 28.2 Å². The van der Waals surface area contributed by atoms with E-state index in [9.17, 15) is 4.39 Å². The van der Waals surface area contributed by atoms with Crippen LogP contribution in [0.1, 0.15) is 31.9 Å². The summed E-state index contributed by atoms with van der Waals surface area (Å²) >= 11 is 3.39. The van der Waals surface area contributed by atoms with E-state index in [1.165, 1.54) is 6.07 Å². The second kappa shape index (κ2) is 7.57. The van der Waals surface area contributed by atoms with Crippen LogP contribution in [0, 0.1) is 5.82 Å². The Morgan fingerprint density at radius 2 is 2.00 bits per heavy atom. The molecule has 0 aliphatic carbocycles. The Morgan fingerprint density at radius 3 is 2.71 bits per heavy atom. The molecule has 2 rings (SSSR count). The molecule has 0 aliphatic heterocycles. The van der Waals surface area contributed by atoms with Gasteiger partial charge in [-0.25, -0.2) is 4.39 Å². The van der Waals surface area contributed by atoms with Crippen LogP contribution in [0.3, 0.4) is 0 Å². The standard InChI is InChI=1S/C17H19BrFNO/c1-3-10-20-12(2)15-8-5-9-16(19)17(15)21-14-7-4-6-13(18)11-14/h4-9,11-12,20H,3,10H2,1-2H3. The number of rotatable bonds is 6. The molecule has 2 nitrogen and oxygen atoms in total. The summed E-state index contributed by atoms with van der Waals surface area (Å²) in [6, 6.07) is 12.4. The maximum atomic E-state index is 14.2. The number of nitrogens with one attached hydrogen (secondary N) is 1. The highest BCUT2D eigenvalue weighted by molar-refractivity contribution is 9.10. The lowest BCUT2D eigenvalue weighted by atomic mass is 10.1. The molecule has 21 heavy (non-hydrogen) atoms. The van der Waals surface area contributed by atoms with Crippen LogP contribution in [-0.4, -0.2) is 6.54 Å². The third-order valence-corrected chi connectivity index (χ3v) is 3.67. The molecule has 0 aliphatic rings. The maximum absolute atomic E-state index is 14.2. The zero-order chi connectivity index (χ0) is 15.2. The van der Waals surface area contributed by atoms with Crippen molar-refractivity contribution in [1.82, 2.24) is 5.32 Å². The van der Waals surface area contributed by atoms with E-state index < -0.39 is 0 Å². The van der Waals surface area contributed by atoms with Gasteiger partial charge in [0.25, 0.3) is 0 Å². The summed E-state index contributed by atoms with van der Waals surface area (Å²) in [5.74, 6) is 0.544. The van der Waals surface area contributed by atoms with Crippen LogP contribution in [0.4, 0.5) is 4.39 Å². The molecule has 2 aromatic rings. The Hall–Kier alpha value is -1.39. The summed E-state index contributed by atoms with van der Waals surface area (Å²) in [5, 5.41) is 3.36. The predicted octanol–water partition coefficient (Wildman–Crippen LogP) is 5.44. The van der Waals surface area contributed by atoms with Crippen molar-refractivity contribution in [3.63, 3.8) is 0 Å². The predicted molar refractivity (Wildman–Crippen MR) is 87.3 cm³/mol. The summed E-state index contributed by atoms with van der Waals surface area (Å²) in [7, 11) is 0. The van der Waals surface area contributed by atoms with Crippen molar-refractivity contribution >= 4 is 15.9 Å². The van der Waals surface area contributed by atoms with Gasteiger partial charge in [-0.3, -0.25) is 0 Å². The van der Waals surface area contributed by atoms with Gasteiger partial charge in [0.15, 0.2) is 11.6 Å². The third kappa shape index (κ3) is 4.29. The number of halogens is 2. The molecule has 0 aromatic heterocycles. The molecule has 1 atom stereocenters. The molecule has 0 bridgehead atoms. The molecule has 2 aromatic carbocycles. The van der Waals surface area contributed by atoms with Crippen molar-refractivity contribution < 1.29 is 9.13 Å². The molecule has 0 fully saturated rings. The molecule has 112 valence electrons. The van der Waals surface area contributed by atoms with Gasteiger partial charge in [0.2, 0.25) is 0 Å². The lowest BCUT2D eigenvalue weighted by Crippen LogP contribution is -2.20. The smallest absolute Gasteiger partial charge is 0.167 e. The quantitative estimate of drug-likeness (QED) is 0.747. The first-order valence-electron chi connectivity index (χ1n) is 7.07. The number of hydrogen-bond donors (Lipinski definition) is 1. The molecule has 0 heterocycles. The van der Waals surface area contributed by atoms with Gasteiger partial charge in [-0.2, -0.15) is 0 Å². The number of hydrogen-bond acceptors (Lipinski definition) is 2.